The summed E-state index contributed by atoms with van der Waals surface area (Å²) in [5.74, 6) is 0. The first kappa shape index (κ1) is 11.8. The van der Waals surface area contributed by atoms with Gasteiger partial charge in [0.2, 0.25) is 0 Å². The molecule has 0 saturated heterocycles. The summed E-state index contributed by atoms with van der Waals surface area (Å²) < 4.78 is 0. The topological polar surface area (TPSA) is 15.8 Å². The molecule has 0 aliphatic heterocycles. The van der Waals surface area contributed by atoms with E-state index in [1.807, 2.05) is 0 Å². The fraction of sp³-hybridized carbons (Fsp3) is 0.111. The molecule has 1 nitrogen and oxygen atoms in total. The van der Waals surface area contributed by atoms with Crippen LogP contribution in [0, 0.1) is 0 Å². The number of rotatable bonds is 4. The van der Waals surface area contributed by atoms with E-state index in [4.69, 9.17) is 0 Å². The summed E-state index contributed by atoms with van der Waals surface area (Å²) in [7, 11) is 0. The van der Waals surface area contributed by atoms with Crippen LogP contribution in [0.15, 0.2) is 72.8 Å². The molecule has 0 atom stereocenters. The zero-order chi connectivity index (χ0) is 12.9. The van der Waals surface area contributed by atoms with Gasteiger partial charge in [0.1, 0.15) is 0 Å². The molecule has 0 bridgehead atoms. The van der Waals surface area contributed by atoms with Gasteiger partial charge in [-0.3, -0.25) is 0 Å². The van der Waals surface area contributed by atoms with Gasteiger partial charge in [-0.2, -0.15) is 0 Å². The average molecular weight is 247 g/mol. The molecule has 0 aliphatic rings. The smallest absolute Gasteiger partial charge is 0.0193 e. The molecular formula is C18H17N. The molecule has 1 N–H and O–H groups in total. The first-order valence-electron chi connectivity index (χ1n) is 6.65. The van der Waals surface area contributed by atoms with Crippen LogP contribution in [0.4, 0.5) is 0 Å². The Morgan fingerprint density at radius 3 is 1.37 bits per heavy atom. The molecule has 0 radical (unpaired) electrons. The number of aromatic nitrogens is 1. The van der Waals surface area contributed by atoms with Crippen molar-refractivity contribution in [3.63, 3.8) is 0 Å². The number of hydrogen-bond donors (Lipinski definition) is 1. The Morgan fingerprint density at radius 1 is 0.526 bits per heavy atom. The Bertz CT molecular complexity index is 567. The van der Waals surface area contributed by atoms with Gasteiger partial charge >= 0.3 is 0 Å². The summed E-state index contributed by atoms with van der Waals surface area (Å²) in [5.41, 5.74) is 5.24. The van der Waals surface area contributed by atoms with E-state index in [1.54, 1.807) is 0 Å². The summed E-state index contributed by atoms with van der Waals surface area (Å²) in [4.78, 5) is 3.51. The van der Waals surface area contributed by atoms with Crippen LogP contribution in [-0.4, -0.2) is 4.98 Å². The van der Waals surface area contributed by atoms with Crippen LogP contribution >= 0.6 is 0 Å². The van der Waals surface area contributed by atoms with Gasteiger partial charge in [0.05, 0.1) is 0 Å². The van der Waals surface area contributed by atoms with Gasteiger partial charge in [0.25, 0.3) is 0 Å². The van der Waals surface area contributed by atoms with Crippen molar-refractivity contribution >= 4 is 0 Å². The predicted octanol–water partition coefficient (Wildman–Crippen LogP) is 4.20. The van der Waals surface area contributed by atoms with E-state index in [2.05, 4.69) is 77.8 Å². The predicted molar refractivity (Wildman–Crippen MR) is 79.3 cm³/mol. The van der Waals surface area contributed by atoms with Gasteiger partial charge in [-0.05, 0) is 23.3 Å². The highest BCUT2D eigenvalue weighted by molar-refractivity contribution is 5.27. The fourth-order valence-electron chi connectivity index (χ4n) is 2.33. The normalized spacial score (nSPS) is 10.5. The Hall–Kier alpha value is -2.28. The van der Waals surface area contributed by atoms with E-state index in [1.165, 1.54) is 22.5 Å². The van der Waals surface area contributed by atoms with Gasteiger partial charge in [-0.1, -0.05) is 60.7 Å². The number of nitrogens with one attached hydrogen (secondary N) is 1. The molecular weight excluding hydrogens is 230 g/mol. The third-order valence-electron chi connectivity index (χ3n) is 3.28. The SMILES string of the molecule is c1ccc(Cc2ccc(Cc3ccccc3)[nH]2)cc1. The quantitative estimate of drug-likeness (QED) is 0.711. The molecule has 1 heterocycles. The lowest BCUT2D eigenvalue weighted by Crippen LogP contribution is -1.91. The minimum atomic E-state index is 0.968. The summed E-state index contributed by atoms with van der Waals surface area (Å²) in [6.07, 6.45) is 1.94. The maximum absolute atomic E-state index is 3.51. The Balaban J connectivity index is 1.70. The van der Waals surface area contributed by atoms with Gasteiger partial charge in [-0.25, -0.2) is 0 Å². The van der Waals surface area contributed by atoms with Crippen LogP contribution < -0.4 is 0 Å². The second kappa shape index (κ2) is 5.57. The molecule has 1 aromatic heterocycles. The molecule has 94 valence electrons. The third-order valence-corrected chi connectivity index (χ3v) is 3.28. The number of aromatic amines is 1. The summed E-state index contributed by atoms with van der Waals surface area (Å²) >= 11 is 0. The highest BCUT2D eigenvalue weighted by Gasteiger charge is 2.01. The lowest BCUT2D eigenvalue weighted by atomic mass is 10.1. The zero-order valence-electron chi connectivity index (χ0n) is 10.8. The average Bonchev–Trinajstić information content (AvgIpc) is 2.88. The Kier molecular flexibility index (Phi) is 3.46. The lowest BCUT2D eigenvalue weighted by molar-refractivity contribution is 1.04. The van der Waals surface area contributed by atoms with Crippen molar-refractivity contribution in [3.8, 4) is 0 Å². The van der Waals surface area contributed by atoms with Crippen LogP contribution in [0.1, 0.15) is 22.5 Å². The highest BCUT2D eigenvalue weighted by atomic mass is 14.7. The molecule has 0 spiro atoms. The third kappa shape index (κ3) is 3.14. The van der Waals surface area contributed by atoms with Gasteiger partial charge in [0, 0.05) is 24.2 Å². The maximum atomic E-state index is 3.51. The van der Waals surface area contributed by atoms with Crippen LogP contribution in [0.25, 0.3) is 0 Å². The zero-order valence-corrected chi connectivity index (χ0v) is 10.8. The van der Waals surface area contributed by atoms with E-state index in [0.717, 1.165) is 12.8 Å². The van der Waals surface area contributed by atoms with E-state index < -0.39 is 0 Å². The summed E-state index contributed by atoms with van der Waals surface area (Å²) in [5, 5.41) is 0. The highest BCUT2D eigenvalue weighted by Crippen LogP contribution is 2.12. The van der Waals surface area contributed by atoms with Crippen molar-refractivity contribution in [3.05, 3.63) is 95.3 Å². The van der Waals surface area contributed by atoms with Crippen LogP contribution in [0.2, 0.25) is 0 Å². The first-order chi connectivity index (χ1) is 9.40. The summed E-state index contributed by atoms with van der Waals surface area (Å²) in [6, 6.07) is 25.5. The van der Waals surface area contributed by atoms with E-state index in [0.29, 0.717) is 0 Å². The molecule has 1 heteroatoms. The Morgan fingerprint density at radius 2 is 0.947 bits per heavy atom. The van der Waals surface area contributed by atoms with Crippen molar-refractivity contribution < 1.29 is 0 Å². The molecule has 0 amide bonds. The van der Waals surface area contributed by atoms with Crippen molar-refractivity contribution in [1.29, 1.82) is 0 Å². The molecule has 19 heavy (non-hydrogen) atoms. The molecule has 3 rings (SSSR count). The van der Waals surface area contributed by atoms with Crippen LogP contribution in [0.5, 0.6) is 0 Å². The second-order valence-electron chi connectivity index (χ2n) is 4.83. The number of benzene rings is 2. The van der Waals surface area contributed by atoms with Gasteiger partial charge < -0.3 is 4.98 Å². The largest absolute Gasteiger partial charge is 0.362 e. The van der Waals surface area contributed by atoms with Crippen LogP contribution in [0.3, 0.4) is 0 Å². The fourth-order valence-corrected chi connectivity index (χ4v) is 2.33. The Labute approximate surface area is 113 Å². The number of H-pyrrole nitrogens is 1. The van der Waals surface area contributed by atoms with Gasteiger partial charge in [-0.15, -0.1) is 0 Å². The van der Waals surface area contributed by atoms with Crippen molar-refractivity contribution in [2.45, 2.75) is 12.8 Å². The van der Waals surface area contributed by atoms with E-state index in [-0.39, 0.29) is 0 Å². The first-order valence-corrected chi connectivity index (χ1v) is 6.65. The lowest BCUT2D eigenvalue weighted by Gasteiger charge is -2.00. The molecule has 3 aromatic rings. The van der Waals surface area contributed by atoms with E-state index in [9.17, 15) is 0 Å². The van der Waals surface area contributed by atoms with Crippen molar-refractivity contribution in [2.75, 3.05) is 0 Å². The molecule has 0 aliphatic carbocycles. The van der Waals surface area contributed by atoms with Gasteiger partial charge in [0.15, 0.2) is 0 Å². The summed E-state index contributed by atoms with van der Waals surface area (Å²) in [6.45, 7) is 0. The standard InChI is InChI=1S/C18H17N/c1-3-7-15(8-4-1)13-17-11-12-18(19-17)14-16-9-5-2-6-10-16/h1-12,19H,13-14H2. The monoisotopic (exact) mass is 247 g/mol. The van der Waals surface area contributed by atoms with Crippen molar-refractivity contribution in [1.82, 2.24) is 4.98 Å². The maximum Gasteiger partial charge on any atom is 0.0193 e. The second-order valence-corrected chi connectivity index (χ2v) is 4.83. The van der Waals surface area contributed by atoms with Crippen LogP contribution in [-0.2, 0) is 12.8 Å². The minimum Gasteiger partial charge on any atom is -0.362 e. The molecule has 2 aromatic carbocycles. The molecule has 0 unspecified atom stereocenters. The van der Waals surface area contributed by atoms with E-state index >= 15 is 0 Å². The number of hydrogen-bond acceptors (Lipinski definition) is 0. The van der Waals surface area contributed by atoms with Crippen molar-refractivity contribution in [2.24, 2.45) is 0 Å². The minimum absolute atomic E-state index is 0.968. The molecule has 0 fully saturated rings. The molecule has 0 saturated carbocycles.